The van der Waals surface area contributed by atoms with Crippen LogP contribution in [0.15, 0.2) is 52.7 Å². The van der Waals surface area contributed by atoms with E-state index < -0.39 is 17.7 Å². The van der Waals surface area contributed by atoms with Crippen molar-refractivity contribution in [3.8, 4) is 0 Å². The summed E-state index contributed by atoms with van der Waals surface area (Å²) in [7, 11) is 0. The van der Waals surface area contributed by atoms with Crippen molar-refractivity contribution in [2.45, 2.75) is 12.1 Å². The van der Waals surface area contributed by atoms with Crippen LogP contribution in [0.3, 0.4) is 0 Å². The predicted octanol–water partition coefficient (Wildman–Crippen LogP) is 4.87. The van der Waals surface area contributed by atoms with Gasteiger partial charge in [-0.3, -0.25) is 0 Å². The van der Waals surface area contributed by atoms with E-state index in [1.165, 1.54) is 12.1 Å². The van der Waals surface area contributed by atoms with E-state index in [0.717, 1.165) is 12.1 Å². The van der Waals surface area contributed by atoms with Crippen LogP contribution in [-0.2, 0) is 6.18 Å². The predicted molar refractivity (Wildman–Crippen MR) is 88.8 cm³/mol. The van der Waals surface area contributed by atoms with Crippen LogP contribution in [0, 0.1) is 0 Å². The van der Waals surface area contributed by atoms with E-state index >= 15 is 0 Å². The second kappa shape index (κ2) is 6.11. The fraction of sp³-hybridized carbons (Fsp3) is 0.125. The van der Waals surface area contributed by atoms with Crippen LogP contribution in [-0.4, -0.2) is 11.5 Å². The van der Waals surface area contributed by atoms with Gasteiger partial charge in [0, 0.05) is 10.0 Å². The lowest BCUT2D eigenvalue weighted by Gasteiger charge is -2.16. The number of nitrogens with zero attached hydrogens (tertiary/aromatic N) is 2. The summed E-state index contributed by atoms with van der Waals surface area (Å²) in [6, 6.07) is 9.58. The first-order valence-corrected chi connectivity index (χ1v) is 7.56. The molecule has 1 heterocycles. The Hall–Kier alpha value is -2.05. The molecule has 0 saturated heterocycles. The number of nitrogens with two attached hydrogens (primary N) is 1. The maximum atomic E-state index is 12.7. The minimum Gasteiger partial charge on any atom is -0.385 e. The highest BCUT2D eigenvalue weighted by molar-refractivity contribution is 6.36. The van der Waals surface area contributed by atoms with Gasteiger partial charge in [0.15, 0.2) is 0 Å². The van der Waals surface area contributed by atoms with Crippen LogP contribution in [0.5, 0.6) is 0 Å². The molecule has 0 aliphatic carbocycles. The van der Waals surface area contributed by atoms with Crippen LogP contribution < -0.4 is 5.73 Å². The molecule has 2 aromatic carbocycles. The summed E-state index contributed by atoms with van der Waals surface area (Å²) in [4.78, 5) is 0. The van der Waals surface area contributed by atoms with E-state index in [1.807, 2.05) is 0 Å². The van der Waals surface area contributed by atoms with Crippen LogP contribution in [0.2, 0.25) is 10.0 Å². The second-order valence-corrected chi connectivity index (χ2v) is 6.03. The molecule has 0 bridgehead atoms. The molecule has 1 atom stereocenters. The largest absolute Gasteiger partial charge is 0.416 e. The van der Waals surface area contributed by atoms with Gasteiger partial charge in [0.2, 0.25) is 0 Å². The third kappa shape index (κ3) is 3.12. The van der Waals surface area contributed by atoms with Gasteiger partial charge in [-0.2, -0.15) is 18.3 Å². The van der Waals surface area contributed by atoms with Crippen molar-refractivity contribution in [1.29, 1.82) is 0 Å². The summed E-state index contributed by atoms with van der Waals surface area (Å²) < 4.78 is 38.1. The number of hydrogen-bond acceptors (Lipinski definition) is 3. The minimum atomic E-state index is -4.40. The SMILES string of the molecule is NC1=NN=C(c2ccc(C(F)(F)F)cc2)C1c1ccc(Cl)cc1Cl. The fourth-order valence-corrected chi connectivity index (χ4v) is 2.98. The molecule has 1 aliphatic rings. The number of halogens is 5. The highest BCUT2D eigenvalue weighted by Gasteiger charge is 2.32. The molecule has 1 unspecified atom stereocenters. The van der Waals surface area contributed by atoms with E-state index in [4.69, 9.17) is 28.9 Å². The van der Waals surface area contributed by atoms with Crippen molar-refractivity contribution in [1.82, 2.24) is 0 Å². The molecule has 3 nitrogen and oxygen atoms in total. The van der Waals surface area contributed by atoms with Gasteiger partial charge in [0.25, 0.3) is 0 Å². The van der Waals surface area contributed by atoms with Crippen LogP contribution in [0.1, 0.15) is 22.6 Å². The van der Waals surface area contributed by atoms with Gasteiger partial charge in [-0.25, -0.2) is 0 Å². The number of alkyl halides is 3. The van der Waals surface area contributed by atoms with E-state index in [-0.39, 0.29) is 5.84 Å². The molecule has 0 amide bonds. The fourth-order valence-electron chi connectivity index (χ4n) is 2.46. The van der Waals surface area contributed by atoms with Gasteiger partial charge in [-0.1, -0.05) is 41.4 Å². The third-order valence-electron chi connectivity index (χ3n) is 3.62. The maximum absolute atomic E-state index is 12.7. The summed E-state index contributed by atoms with van der Waals surface area (Å²) >= 11 is 12.1. The maximum Gasteiger partial charge on any atom is 0.416 e. The van der Waals surface area contributed by atoms with Crippen molar-refractivity contribution in [3.05, 3.63) is 69.2 Å². The number of hydrogen-bond donors (Lipinski definition) is 1. The monoisotopic (exact) mass is 371 g/mol. The minimum absolute atomic E-state index is 0.217. The normalized spacial score (nSPS) is 17.6. The highest BCUT2D eigenvalue weighted by atomic mass is 35.5. The van der Waals surface area contributed by atoms with Gasteiger partial charge in [-0.05, 0) is 35.4 Å². The summed E-state index contributed by atoms with van der Waals surface area (Å²) in [5.74, 6) is -0.319. The number of benzene rings is 2. The zero-order valence-corrected chi connectivity index (χ0v) is 13.5. The molecule has 0 radical (unpaired) electrons. The lowest BCUT2D eigenvalue weighted by molar-refractivity contribution is -0.137. The van der Waals surface area contributed by atoms with Gasteiger partial charge in [-0.15, -0.1) is 5.10 Å². The van der Waals surface area contributed by atoms with E-state index in [1.54, 1.807) is 18.2 Å². The molecule has 2 N–H and O–H groups in total. The molecule has 0 aromatic heterocycles. The van der Waals surface area contributed by atoms with Crippen molar-refractivity contribution < 1.29 is 13.2 Å². The van der Waals surface area contributed by atoms with Crippen molar-refractivity contribution in [2.24, 2.45) is 15.9 Å². The van der Waals surface area contributed by atoms with Crippen LogP contribution >= 0.6 is 23.2 Å². The first-order chi connectivity index (χ1) is 11.3. The zero-order valence-electron chi connectivity index (χ0n) is 12.0. The van der Waals surface area contributed by atoms with E-state index in [2.05, 4.69) is 10.2 Å². The molecule has 0 saturated carbocycles. The summed E-state index contributed by atoms with van der Waals surface area (Å²) in [5, 5.41) is 8.71. The van der Waals surface area contributed by atoms with Crippen LogP contribution in [0.25, 0.3) is 0 Å². The Balaban J connectivity index is 1.99. The molecular formula is C16H10Cl2F3N3. The van der Waals surface area contributed by atoms with Crippen molar-refractivity contribution in [3.63, 3.8) is 0 Å². The molecular weight excluding hydrogens is 362 g/mol. The molecule has 8 heteroatoms. The molecule has 3 rings (SSSR count). The molecule has 24 heavy (non-hydrogen) atoms. The lowest BCUT2D eigenvalue weighted by atomic mass is 9.89. The Morgan fingerprint density at radius 2 is 1.62 bits per heavy atom. The van der Waals surface area contributed by atoms with Crippen molar-refractivity contribution >= 4 is 34.7 Å². The highest BCUT2D eigenvalue weighted by Crippen LogP contribution is 2.34. The smallest absolute Gasteiger partial charge is 0.385 e. The van der Waals surface area contributed by atoms with Gasteiger partial charge >= 0.3 is 6.18 Å². The summed E-state index contributed by atoms with van der Waals surface area (Å²) in [6.07, 6.45) is -4.40. The Bertz CT molecular complexity index is 843. The van der Waals surface area contributed by atoms with Crippen LogP contribution in [0.4, 0.5) is 13.2 Å². The molecule has 1 aliphatic heterocycles. The Morgan fingerprint density at radius 1 is 0.958 bits per heavy atom. The molecule has 124 valence electrons. The molecule has 0 fully saturated rings. The van der Waals surface area contributed by atoms with Gasteiger partial charge in [0.05, 0.1) is 17.2 Å². The van der Waals surface area contributed by atoms with E-state index in [9.17, 15) is 13.2 Å². The number of rotatable bonds is 2. The second-order valence-electron chi connectivity index (χ2n) is 5.18. The molecule has 2 aromatic rings. The quantitative estimate of drug-likeness (QED) is 0.804. The summed E-state index contributed by atoms with van der Waals surface area (Å²) in [6.45, 7) is 0. The first-order valence-electron chi connectivity index (χ1n) is 6.81. The molecule has 0 spiro atoms. The zero-order chi connectivity index (χ0) is 17.5. The van der Waals surface area contributed by atoms with Gasteiger partial charge < -0.3 is 5.73 Å². The topological polar surface area (TPSA) is 50.7 Å². The average molecular weight is 372 g/mol. The summed E-state index contributed by atoms with van der Waals surface area (Å²) in [5.41, 5.74) is 6.73. The van der Waals surface area contributed by atoms with Gasteiger partial charge in [0.1, 0.15) is 5.84 Å². The van der Waals surface area contributed by atoms with Crippen molar-refractivity contribution in [2.75, 3.05) is 0 Å². The lowest BCUT2D eigenvalue weighted by Crippen LogP contribution is -2.25. The first kappa shape index (κ1) is 16.8. The number of amidine groups is 1. The average Bonchev–Trinajstić information content (AvgIpc) is 2.88. The Morgan fingerprint density at radius 3 is 2.21 bits per heavy atom. The Labute approximate surface area is 145 Å². The van der Waals surface area contributed by atoms with E-state index in [0.29, 0.717) is 26.9 Å². The third-order valence-corrected chi connectivity index (χ3v) is 4.19. The standard InChI is InChI=1S/C16H10Cl2F3N3/c17-10-5-6-11(12(18)7-10)13-14(23-24-15(13)22)8-1-3-9(4-2-8)16(19,20)21/h1-7,13H,(H2,22,24). The Kier molecular flexibility index (Phi) is 4.27.